The molecule has 0 N–H and O–H groups in total. The van der Waals surface area contributed by atoms with Gasteiger partial charge in [0.05, 0.1) is 0 Å². The lowest BCUT2D eigenvalue weighted by atomic mass is 10.1. The molecular weight excluding hydrogens is 120 g/mol. The van der Waals surface area contributed by atoms with E-state index in [1.165, 1.54) is 11.1 Å². The summed E-state index contributed by atoms with van der Waals surface area (Å²) in [5.41, 5.74) is 2.50. The Hall–Kier alpha value is -0.780. The first-order valence-corrected chi connectivity index (χ1v) is 3.64. The summed E-state index contributed by atoms with van der Waals surface area (Å²) in [6.45, 7) is 10.0. The summed E-state index contributed by atoms with van der Waals surface area (Å²) >= 11 is 0. The molecule has 0 nitrogen and oxygen atoms in total. The van der Waals surface area contributed by atoms with Gasteiger partial charge in [-0.15, -0.1) is 0 Å². The van der Waals surface area contributed by atoms with Crippen molar-refractivity contribution in [3.05, 3.63) is 36.0 Å². The summed E-state index contributed by atoms with van der Waals surface area (Å²) in [5.74, 6) is 0. The molecule has 0 heteroatoms. The number of hydrogen-bond donors (Lipinski definition) is 0. The summed E-state index contributed by atoms with van der Waals surface area (Å²) in [6, 6.07) is 0. The maximum absolute atomic E-state index is 3.88. The highest BCUT2D eigenvalue weighted by atomic mass is 14.0. The SMILES string of the molecule is C=C(C)/C(=C/C)C/C=C\C. The largest absolute Gasteiger partial charge is 0.0958 e. The van der Waals surface area contributed by atoms with Crippen LogP contribution in [0.1, 0.15) is 27.2 Å². The van der Waals surface area contributed by atoms with Crippen LogP contribution >= 0.6 is 0 Å². The molecule has 0 aliphatic rings. The Morgan fingerprint density at radius 1 is 1.40 bits per heavy atom. The minimum Gasteiger partial charge on any atom is -0.0958 e. The molecule has 0 amide bonds. The monoisotopic (exact) mass is 136 g/mol. The van der Waals surface area contributed by atoms with Gasteiger partial charge in [-0.3, -0.25) is 0 Å². The summed E-state index contributed by atoms with van der Waals surface area (Å²) < 4.78 is 0. The average Bonchev–Trinajstić information content (AvgIpc) is 1.89. The van der Waals surface area contributed by atoms with Crippen LogP contribution in [0, 0.1) is 0 Å². The molecule has 0 aliphatic carbocycles. The van der Waals surface area contributed by atoms with Crippen molar-refractivity contribution < 1.29 is 0 Å². The predicted molar refractivity (Wildman–Crippen MR) is 48.0 cm³/mol. The van der Waals surface area contributed by atoms with E-state index in [0.29, 0.717) is 0 Å². The highest BCUT2D eigenvalue weighted by Crippen LogP contribution is 2.11. The Balaban J connectivity index is 3.99. The van der Waals surface area contributed by atoms with Crippen LogP contribution in [0.4, 0.5) is 0 Å². The zero-order chi connectivity index (χ0) is 7.98. The van der Waals surface area contributed by atoms with Crippen LogP contribution in [0.5, 0.6) is 0 Å². The molecule has 0 fully saturated rings. The summed E-state index contributed by atoms with van der Waals surface area (Å²) in [4.78, 5) is 0. The lowest BCUT2D eigenvalue weighted by molar-refractivity contribution is 1.20. The van der Waals surface area contributed by atoms with Gasteiger partial charge >= 0.3 is 0 Å². The van der Waals surface area contributed by atoms with Crippen molar-refractivity contribution in [3.63, 3.8) is 0 Å². The maximum Gasteiger partial charge on any atom is -0.00984 e. The average molecular weight is 136 g/mol. The fourth-order valence-corrected chi connectivity index (χ4v) is 0.783. The first-order chi connectivity index (χ1) is 4.72. The van der Waals surface area contributed by atoms with Gasteiger partial charge in [0.1, 0.15) is 0 Å². The third-order valence-electron chi connectivity index (χ3n) is 1.47. The molecule has 0 atom stereocenters. The van der Waals surface area contributed by atoms with Crippen molar-refractivity contribution in [2.45, 2.75) is 27.2 Å². The van der Waals surface area contributed by atoms with Crippen LogP contribution in [-0.4, -0.2) is 0 Å². The fourth-order valence-electron chi connectivity index (χ4n) is 0.783. The van der Waals surface area contributed by atoms with Crippen LogP contribution in [0.2, 0.25) is 0 Å². The predicted octanol–water partition coefficient (Wildman–Crippen LogP) is 3.48. The topological polar surface area (TPSA) is 0 Å². The van der Waals surface area contributed by atoms with Crippen LogP contribution < -0.4 is 0 Å². The zero-order valence-corrected chi connectivity index (χ0v) is 7.15. The molecular formula is C10H16. The van der Waals surface area contributed by atoms with Crippen molar-refractivity contribution in [1.82, 2.24) is 0 Å². The van der Waals surface area contributed by atoms with Gasteiger partial charge in [0.15, 0.2) is 0 Å². The van der Waals surface area contributed by atoms with Crippen molar-refractivity contribution in [2.24, 2.45) is 0 Å². The molecule has 0 spiro atoms. The quantitative estimate of drug-likeness (QED) is 0.411. The van der Waals surface area contributed by atoms with Crippen molar-refractivity contribution in [2.75, 3.05) is 0 Å². The molecule has 0 aromatic heterocycles. The maximum atomic E-state index is 3.88. The molecule has 0 heterocycles. The molecule has 0 bridgehead atoms. The van der Waals surface area contributed by atoms with Gasteiger partial charge in [0.25, 0.3) is 0 Å². The molecule has 0 rings (SSSR count). The highest BCUT2D eigenvalue weighted by Gasteiger charge is 1.91. The van der Waals surface area contributed by atoms with E-state index in [9.17, 15) is 0 Å². The first-order valence-electron chi connectivity index (χ1n) is 3.64. The summed E-state index contributed by atoms with van der Waals surface area (Å²) in [7, 11) is 0. The van der Waals surface area contributed by atoms with Gasteiger partial charge < -0.3 is 0 Å². The molecule has 0 aromatic carbocycles. The lowest BCUT2D eigenvalue weighted by Gasteiger charge is -2.00. The van der Waals surface area contributed by atoms with Gasteiger partial charge in [0, 0.05) is 0 Å². The van der Waals surface area contributed by atoms with Crippen molar-refractivity contribution in [3.8, 4) is 0 Å². The molecule has 0 aliphatic heterocycles. The molecule has 56 valence electrons. The fraction of sp³-hybridized carbons (Fsp3) is 0.400. The Morgan fingerprint density at radius 3 is 2.30 bits per heavy atom. The standard InChI is InChI=1S/C10H16/c1-5-7-8-10(6-2)9(3)4/h5-7H,3,8H2,1-2,4H3/b7-5-,10-6+. The third-order valence-corrected chi connectivity index (χ3v) is 1.47. The van der Waals surface area contributed by atoms with Crippen LogP contribution in [-0.2, 0) is 0 Å². The van der Waals surface area contributed by atoms with Crippen molar-refractivity contribution >= 4 is 0 Å². The first kappa shape index (κ1) is 9.22. The van der Waals surface area contributed by atoms with Gasteiger partial charge in [-0.25, -0.2) is 0 Å². The number of allylic oxidation sites excluding steroid dienone is 5. The van der Waals surface area contributed by atoms with Crippen molar-refractivity contribution in [1.29, 1.82) is 0 Å². The van der Waals surface area contributed by atoms with Gasteiger partial charge in [0.2, 0.25) is 0 Å². The number of rotatable bonds is 3. The van der Waals surface area contributed by atoms with E-state index in [-0.39, 0.29) is 0 Å². The lowest BCUT2D eigenvalue weighted by Crippen LogP contribution is -1.80. The molecule has 0 saturated carbocycles. The van der Waals surface area contributed by atoms with E-state index in [0.717, 1.165) is 6.42 Å². The minimum absolute atomic E-state index is 1.02. The molecule has 0 radical (unpaired) electrons. The Labute approximate surface area is 64.0 Å². The van der Waals surface area contributed by atoms with Gasteiger partial charge in [-0.2, -0.15) is 0 Å². The smallest absolute Gasteiger partial charge is 0.00984 e. The normalized spacial score (nSPS) is 12.5. The van der Waals surface area contributed by atoms with E-state index in [1.807, 2.05) is 20.8 Å². The molecule has 0 aromatic rings. The number of hydrogen-bond acceptors (Lipinski definition) is 0. The second-order valence-electron chi connectivity index (χ2n) is 2.37. The van der Waals surface area contributed by atoms with Crippen LogP contribution in [0.15, 0.2) is 36.0 Å². The second-order valence-corrected chi connectivity index (χ2v) is 2.37. The van der Waals surface area contributed by atoms with E-state index >= 15 is 0 Å². The molecule has 10 heavy (non-hydrogen) atoms. The Bertz CT molecular complexity index is 159. The van der Waals surface area contributed by atoms with Crippen LogP contribution in [0.25, 0.3) is 0 Å². The van der Waals surface area contributed by atoms with Crippen LogP contribution in [0.3, 0.4) is 0 Å². The van der Waals surface area contributed by atoms with E-state index in [2.05, 4.69) is 24.8 Å². The second kappa shape index (κ2) is 5.04. The summed E-state index contributed by atoms with van der Waals surface area (Å²) in [6.07, 6.45) is 7.33. The molecule has 0 saturated heterocycles. The van der Waals surface area contributed by atoms with Gasteiger partial charge in [-0.1, -0.05) is 30.4 Å². The summed E-state index contributed by atoms with van der Waals surface area (Å²) in [5, 5.41) is 0. The highest BCUT2D eigenvalue weighted by molar-refractivity contribution is 5.27. The van der Waals surface area contributed by atoms with Gasteiger partial charge in [-0.05, 0) is 32.8 Å². The van der Waals surface area contributed by atoms with E-state index in [1.54, 1.807) is 0 Å². The Morgan fingerprint density at radius 2 is 2.00 bits per heavy atom. The molecule has 0 unspecified atom stereocenters. The zero-order valence-electron chi connectivity index (χ0n) is 7.15. The third kappa shape index (κ3) is 3.29. The Kier molecular flexibility index (Phi) is 4.65. The minimum atomic E-state index is 1.02. The van der Waals surface area contributed by atoms with E-state index < -0.39 is 0 Å². The van der Waals surface area contributed by atoms with E-state index in [4.69, 9.17) is 0 Å².